The first-order chi connectivity index (χ1) is 15.6. The van der Waals surface area contributed by atoms with Gasteiger partial charge in [-0.2, -0.15) is 10.4 Å². The molecule has 3 N–H and O–H groups in total. The van der Waals surface area contributed by atoms with Gasteiger partial charge in [-0.1, -0.05) is 32.9 Å². The van der Waals surface area contributed by atoms with Crippen LogP contribution in [0.25, 0.3) is 10.9 Å². The van der Waals surface area contributed by atoms with Gasteiger partial charge in [0.15, 0.2) is 5.69 Å². The van der Waals surface area contributed by atoms with Crippen LogP contribution in [0, 0.1) is 22.6 Å². The summed E-state index contributed by atoms with van der Waals surface area (Å²) in [6.45, 7) is 5.56. The fourth-order valence-corrected chi connectivity index (χ4v) is 3.45. The third-order valence-corrected chi connectivity index (χ3v) is 5.16. The van der Waals surface area contributed by atoms with Gasteiger partial charge >= 0.3 is 0 Å². The van der Waals surface area contributed by atoms with E-state index in [0.29, 0.717) is 16.5 Å². The fraction of sp³-hybridized carbons (Fsp3) is 0.333. The molecule has 2 amide bonds. The van der Waals surface area contributed by atoms with Crippen LogP contribution in [-0.4, -0.2) is 45.9 Å². The van der Waals surface area contributed by atoms with Crippen LogP contribution in [0.15, 0.2) is 42.5 Å². The summed E-state index contributed by atoms with van der Waals surface area (Å²) in [5.41, 5.74) is 1.24. The second-order valence-electron chi connectivity index (χ2n) is 8.76. The number of fused-ring (bicyclic) bond motifs is 1. The molecule has 0 saturated heterocycles. The maximum absolute atomic E-state index is 14.0. The summed E-state index contributed by atoms with van der Waals surface area (Å²) >= 11 is 0. The lowest BCUT2D eigenvalue weighted by Crippen LogP contribution is -2.54. The molecular formula is C24H26FN5O3. The summed E-state index contributed by atoms with van der Waals surface area (Å²) in [5, 5.41) is 28.2. The van der Waals surface area contributed by atoms with E-state index in [-0.39, 0.29) is 25.4 Å². The lowest BCUT2D eigenvalue weighted by atomic mass is 9.86. The quantitative estimate of drug-likeness (QED) is 0.509. The van der Waals surface area contributed by atoms with Crippen LogP contribution in [0.4, 0.5) is 4.39 Å². The summed E-state index contributed by atoms with van der Waals surface area (Å²) in [6, 6.07) is 12.1. The Labute approximate surface area is 191 Å². The minimum atomic E-state index is -0.879. The standard InChI is InChI=1S/C24H26FN5O3/c1-24(2,3)21(23(33)27-10-11-31)28-22(32)20-18-9-8-17(25)12-19(18)30(29-20)14-16-6-4-15(13-26)5-7-16/h4-9,12,21,31H,10-11,14H2,1-3H3,(H,27,33)(H,28,32). The number of aliphatic hydroxyl groups excluding tert-OH is 1. The van der Waals surface area contributed by atoms with Crippen molar-refractivity contribution in [2.45, 2.75) is 33.4 Å². The number of hydrogen-bond donors (Lipinski definition) is 3. The van der Waals surface area contributed by atoms with E-state index in [1.54, 1.807) is 24.3 Å². The molecule has 3 rings (SSSR count). The Bertz CT molecular complexity index is 1210. The summed E-state index contributed by atoms with van der Waals surface area (Å²) < 4.78 is 15.5. The molecule has 0 radical (unpaired) electrons. The van der Waals surface area contributed by atoms with Crippen molar-refractivity contribution in [1.82, 2.24) is 20.4 Å². The van der Waals surface area contributed by atoms with Crippen molar-refractivity contribution < 1.29 is 19.1 Å². The van der Waals surface area contributed by atoms with Crippen molar-refractivity contribution >= 4 is 22.7 Å². The molecule has 1 heterocycles. The van der Waals surface area contributed by atoms with Crippen LogP contribution in [0.5, 0.6) is 0 Å². The lowest BCUT2D eigenvalue weighted by Gasteiger charge is -2.30. The molecule has 172 valence electrons. The average molecular weight is 452 g/mol. The van der Waals surface area contributed by atoms with Crippen LogP contribution in [-0.2, 0) is 11.3 Å². The van der Waals surface area contributed by atoms with Gasteiger partial charge in [-0.3, -0.25) is 14.3 Å². The highest BCUT2D eigenvalue weighted by Crippen LogP contribution is 2.24. The molecule has 0 bridgehead atoms. The van der Waals surface area contributed by atoms with E-state index >= 15 is 0 Å². The van der Waals surface area contributed by atoms with Gasteiger partial charge in [0, 0.05) is 11.9 Å². The van der Waals surface area contributed by atoms with Crippen LogP contribution in [0.1, 0.15) is 42.4 Å². The minimum Gasteiger partial charge on any atom is -0.395 e. The Morgan fingerprint density at radius 3 is 2.52 bits per heavy atom. The number of hydrogen-bond acceptors (Lipinski definition) is 5. The third kappa shape index (κ3) is 5.54. The monoisotopic (exact) mass is 451 g/mol. The number of aliphatic hydroxyl groups is 1. The number of benzene rings is 2. The molecule has 3 aromatic rings. The highest BCUT2D eigenvalue weighted by molar-refractivity contribution is 6.06. The second-order valence-corrected chi connectivity index (χ2v) is 8.76. The predicted molar refractivity (Wildman–Crippen MR) is 121 cm³/mol. The number of amides is 2. The molecule has 0 spiro atoms. The van der Waals surface area contributed by atoms with Crippen molar-refractivity contribution in [1.29, 1.82) is 5.26 Å². The zero-order valence-electron chi connectivity index (χ0n) is 18.7. The number of carbonyl (C=O) groups is 2. The number of carbonyl (C=O) groups excluding carboxylic acids is 2. The normalized spacial score (nSPS) is 12.2. The van der Waals surface area contributed by atoms with Crippen molar-refractivity contribution in [2.75, 3.05) is 13.2 Å². The number of aromatic nitrogens is 2. The number of nitrogens with one attached hydrogen (secondary N) is 2. The summed E-state index contributed by atoms with van der Waals surface area (Å²) in [7, 11) is 0. The molecule has 1 atom stereocenters. The van der Waals surface area contributed by atoms with E-state index in [1.807, 2.05) is 20.8 Å². The van der Waals surface area contributed by atoms with Crippen molar-refractivity contribution in [3.05, 3.63) is 65.1 Å². The fourth-order valence-electron chi connectivity index (χ4n) is 3.45. The van der Waals surface area contributed by atoms with Gasteiger partial charge in [0.2, 0.25) is 5.91 Å². The van der Waals surface area contributed by atoms with E-state index in [2.05, 4.69) is 21.8 Å². The highest BCUT2D eigenvalue weighted by Gasteiger charge is 2.34. The zero-order valence-corrected chi connectivity index (χ0v) is 18.7. The van der Waals surface area contributed by atoms with Crippen LogP contribution >= 0.6 is 0 Å². The van der Waals surface area contributed by atoms with Gasteiger partial charge in [0.25, 0.3) is 5.91 Å². The van der Waals surface area contributed by atoms with E-state index in [9.17, 15) is 14.0 Å². The maximum atomic E-state index is 14.0. The third-order valence-electron chi connectivity index (χ3n) is 5.16. The molecule has 0 fully saturated rings. The molecule has 0 aliphatic carbocycles. The van der Waals surface area contributed by atoms with Gasteiger partial charge in [0.05, 0.1) is 30.3 Å². The van der Waals surface area contributed by atoms with E-state index < -0.39 is 29.1 Å². The van der Waals surface area contributed by atoms with Gasteiger partial charge < -0.3 is 15.7 Å². The zero-order chi connectivity index (χ0) is 24.2. The van der Waals surface area contributed by atoms with Gasteiger partial charge in [0.1, 0.15) is 11.9 Å². The average Bonchev–Trinajstić information content (AvgIpc) is 3.12. The Morgan fingerprint density at radius 1 is 1.21 bits per heavy atom. The smallest absolute Gasteiger partial charge is 0.273 e. The van der Waals surface area contributed by atoms with Crippen LogP contribution in [0.3, 0.4) is 0 Å². The van der Waals surface area contributed by atoms with Crippen molar-refractivity contribution in [3.63, 3.8) is 0 Å². The number of nitriles is 1. The molecule has 0 aliphatic rings. The Morgan fingerprint density at radius 2 is 1.91 bits per heavy atom. The molecule has 8 nitrogen and oxygen atoms in total. The number of halogens is 1. The number of nitrogens with zero attached hydrogens (tertiary/aromatic N) is 3. The van der Waals surface area contributed by atoms with E-state index in [0.717, 1.165) is 5.56 Å². The van der Waals surface area contributed by atoms with Crippen LogP contribution in [0.2, 0.25) is 0 Å². The Kier molecular flexibility index (Phi) is 7.09. The topological polar surface area (TPSA) is 120 Å². The summed E-state index contributed by atoms with van der Waals surface area (Å²) in [5.74, 6) is -1.45. The summed E-state index contributed by atoms with van der Waals surface area (Å²) in [6.07, 6.45) is 0. The van der Waals surface area contributed by atoms with Gasteiger partial charge in [-0.05, 0) is 41.3 Å². The molecule has 9 heteroatoms. The van der Waals surface area contributed by atoms with Crippen molar-refractivity contribution in [3.8, 4) is 6.07 Å². The lowest BCUT2D eigenvalue weighted by molar-refractivity contribution is -0.125. The second kappa shape index (κ2) is 9.79. The minimum absolute atomic E-state index is 0.0721. The molecular weight excluding hydrogens is 425 g/mol. The Hall–Kier alpha value is -3.77. The molecule has 1 aromatic heterocycles. The molecule has 0 saturated carbocycles. The van der Waals surface area contributed by atoms with Gasteiger partial charge in [-0.25, -0.2) is 4.39 Å². The number of rotatable bonds is 7. The maximum Gasteiger partial charge on any atom is 0.273 e. The molecule has 2 aromatic carbocycles. The first-order valence-corrected chi connectivity index (χ1v) is 10.5. The SMILES string of the molecule is CC(C)(C)C(NC(=O)c1nn(Cc2ccc(C#N)cc2)c2cc(F)ccc12)C(=O)NCCO. The highest BCUT2D eigenvalue weighted by atomic mass is 19.1. The van der Waals surface area contributed by atoms with Crippen LogP contribution < -0.4 is 10.6 Å². The molecule has 1 unspecified atom stereocenters. The molecule has 33 heavy (non-hydrogen) atoms. The van der Waals surface area contributed by atoms with E-state index in [4.69, 9.17) is 10.4 Å². The van der Waals surface area contributed by atoms with E-state index in [1.165, 1.54) is 22.9 Å². The first kappa shape index (κ1) is 23.9. The largest absolute Gasteiger partial charge is 0.395 e. The molecule has 0 aliphatic heterocycles. The predicted octanol–water partition coefficient (Wildman–Crippen LogP) is 2.35. The van der Waals surface area contributed by atoms with Gasteiger partial charge in [-0.15, -0.1) is 0 Å². The van der Waals surface area contributed by atoms with Crippen molar-refractivity contribution in [2.24, 2.45) is 5.41 Å². The first-order valence-electron chi connectivity index (χ1n) is 10.5. The summed E-state index contributed by atoms with van der Waals surface area (Å²) in [4.78, 5) is 25.8. The Balaban J connectivity index is 1.95.